The van der Waals surface area contributed by atoms with Gasteiger partial charge in [-0.1, -0.05) is 11.6 Å². The third-order valence-electron chi connectivity index (χ3n) is 2.24. The summed E-state index contributed by atoms with van der Waals surface area (Å²) in [5.74, 6) is 0.622. The molecule has 0 aromatic heterocycles. The number of amides is 2. The first-order valence-electron chi connectivity index (χ1n) is 5.57. The topological polar surface area (TPSA) is 61.8 Å². The molecule has 0 aliphatic carbocycles. The third-order valence-corrected chi connectivity index (χ3v) is 2.49. The van der Waals surface area contributed by atoms with Crippen molar-refractivity contribution in [1.82, 2.24) is 10.2 Å². The monoisotopic (exact) mass is 272 g/mol. The summed E-state index contributed by atoms with van der Waals surface area (Å²) in [4.78, 5) is 13.0. The average Bonchev–Trinajstić information content (AvgIpc) is 2.32. The molecule has 0 fully saturated rings. The Kier molecular flexibility index (Phi) is 5.74. The Morgan fingerprint density at radius 2 is 2.11 bits per heavy atom. The summed E-state index contributed by atoms with van der Waals surface area (Å²) in [6.45, 7) is 1.93. The minimum atomic E-state index is -0.472. The summed E-state index contributed by atoms with van der Waals surface area (Å²) in [6, 6.07) is 6.57. The average molecular weight is 273 g/mol. The summed E-state index contributed by atoms with van der Waals surface area (Å²) in [7, 11) is 1.60. The number of likely N-dealkylation sites (N-methyl/N-ethyl adjacent to an activating group) is 1. The number of nitrogens with one attached hydrogen (secondary N) is 1. The summed E-state index contributed by atoms with van der Waals surface area (Å²) in [5.41, 5.74) is 0. The minimum Gasteiger partial charge on any atom is -0.471 e. The predicted molar refractivity (Wildman–Crippen MR) is 69.8 cm³/mol. The van der Waals surface area contributed by atoms with E-state index in [1.54, 1.807) is 38.2 Å². The van der Waals surface area contributed by atoms with Crippen LogP contribution in [-0.2, 0) is 0 Å². The number of rotatable bonds is 5. The van der Waals surface area contributed by atoms with Gasteiger partial charge in [0.25, 0.3) is 0 Å². The first-order chi connectivity index (χ1) is 8.52. The van der Waals surface area contributed by atoms with Crippen molar-refractivity contribution >= 4 is 17.6 Å². The van der Waals surface area contributed by atoms with Gasteiger partial charge in [0.05, 0.1) is 6.61 Å². The fourth-order valence-corrected chi connectivity index (χ4v) is 1.41. The van der Waals surface area contributed by atoms with Crippen LogP contribution >= 0.6 is 11.6 Å². The van der Waals surface area contributed by atoms with Crippen LogP contribution in [0.5, 0.6) is 5.75 Å². The van der Waals surface area contributed by atoms with E-state index in [0.717, 1.165) is 0 Å². The molecule has 0 radical (unpaired) electrons. The van der Waals surface area contributed by atoms with Crippen LogP contribution in [-0.4, -0.2) is 42.5 Å². The summed E-state index contributed by atoms with van der Waals surface area (Å²) >= 11 is 5.75. The normalized spacial score (nSPS) is 11.8. The van der Waals surface area contributed by atoms with E-state index in [9.17, 15) is 4.79 Å². The smallest absolute Gasteiger partial charge is 0.320 e. The van der Waals surface area contributed by atoms with Crippen LogP contribution in [0.3, 0.4) is 0 Å². The number of nitrogens with zero attached hydrogens (tertiary/aromatic N) is 1. The second-order valence-corrected chi connectivity index (χ2v) is 4.25. The molecular weight excluding hydrogens is 256 g/mol. The number of hydrogen-bond donors (Lipinski definition) is 2. The van der Waals surface area contributed by atoms with Crippen molar-refractivity contribution in [1.29, 1.82) is 0 Å². The Hall–Kier alpha value is -1.46. The number of benzene rings is 1. The molecule has 6 heteroatoms. The van der Waals surface area contributed by atoms with Gasteiger partial charge in [0.2, 0.25) is 0 Å². The van der Waals surface area contributed by atoms with Crippen LogP contribution in [0.15, 0.2) is 24.3 Å². The lowest BCUT2D eigenvalue weighted by atomic mass is 10.3. The Balaban J connectivity index is 2.43. The standard InChI is InChI=1S/C12H17ClN2O3/c1-9(14-12(17)15(2)7-8-16)18-11-5-3-10(13)4-6-11/h3-6,9,16H,7-8H2,1-2H3,(H,14,17). The molecule has 0 saturated carbocycles. The number of carbonyl (C=O) groups excluding carboxylic acids is 1. The number of hydrogen-bond acceptors (Lipinski definition) is 3. The van der Waals surface area contributed by atoms with E-state index >= 15 is 0 Å². The number of aliphatic hydroxyl groups excluding tert-OH is 1. The zero-order valence-electron chi connectivity index (χ0n) is 10.4. The van der Waals surface area contributed by atoms with Crippen LogP contribution in [0.2, 0.25) is 5.02 Å². The van der Waals surface area contributed by atoms with Gasteiger partial charge in [0, 0.05) is 18.6 Å². The molecule has 0 saturated heterocycles. The van der Waals surface area contributed by atoms with Crippen molar-refractivity contribution in [3.05, 3.63) is 29.3 Å². The molecule has 18 heavy (non-hydrogen) atoms. The van der Waals surface area contributed by atoms with Crippen LogP contribution in [0.25, 0.3) is 0 Å². The number of carbonyl (C=O) groups is 1. The second-order valence-electron chi connectivity index (χ2n) is 3.81. The minimum absolute atomic E-state index is 0.0731. The Bertz CT molecular complexity index is 383. The first kappa shape index (κ1) is 14.6. The van der Waals surface area contributed by atoms with E-state index in [-0.39, 0.29) is 19.2 Å². The summed E-state index contributed by atoms with van der Waals surface area (Å²) in [5, 5.41) is 12.0. The lowest BCUT2D eigenvalue weighted by Crippen LogP contribution is -2.45. The van der Waals surface area contributed by atoms with E-state index in [0.29, 0.717) is 10.8 Å². The van der Waals surface area contributed by atoms with Gasteiger partial charge in [0.1, 0.15) is 5.75 Å². The van der Waals surface area contributed by atoms with Crippen LogP contribution in [0, 0.1) is 0 Å². The maximum atomic E-state index is 11.6. The van der Waals surface area contributed by atoms with Crippen LogP contribution in [0.4, 0.5) is 4.79 Å². The molecule has 0 aliphatic rings. The van der Waals surface area contributed by atoms with Crippen molar-refractivity contribution in [3.8, 4) is 5.75 Å². The highest BCUT2D eigenvalue weighted by Gasteiger charge is 2.12. The molecule has 5 nitrogen and oxygen atoms in total. The highest BCUT2D eigenvalue weighted by molar-refractivity contribution is 6.30. The van der Waals surface area contributed by atoms with Crippen molar-refractivity contribution < 1.29 is 14.6 Å². The largest absolute Gasteiger partial charge is 0.471 e. The molecule has 2 N–H and O–H groups in total. The number of ether oxygens (including phenoxy) is 1. The van der Waals surface area contributed by atoms with Crippen LogP contribution < -0.4 is 10.1 Å². The molecule has 0 bridgehead atoms. The van der Waals surface area contributed by atoms with Crippen molar-refractivity contribution in [2.24, 2.45) is 0 Å². The Morgan fingerprint density at radius 3 is 2.67 bits per heavy atom. The van der Waals surface area contributed by atoms with Crippen molar-refractivity contribution in [2.75, 3.05) is 20.2 Å². The maximum Gasteiger partial charge on any atom is 0.320 e. The zero-order chi connectivity index (χ0) is 13.5. The lowest BCUT2D eigenvalue weighted by molar-refractivity contribution is 0.152. The maximum absolute atomic E-state index is 11.6. The first-order valence-corrected chi connectivity index (χ1v) is 5.95. The quantitative estimate of drug-likeness (QED) is 0.802. The molecule has 1 rings (SSSR count). The fraction of sp³-hybridized carbons (Fsp3) is 0.417. The molecule has 2 amide bonds. The van der Waals surface area contributed by atoms with E-state index < -0.39 is 6.23 Å². The van der Waals surface area contributed by atoms with E-state index in [4.69, 9.17) is 21.4 Å². The lowest BCUT2D eigenvalue weighted by Gasteiger charge is -2.21. The second kappa shape index (κ2) is 7.08. The summed E-state index contributed by atoms with van der Waals surface area (Å²) < 4.78 is 5.49. The van der Waals surface area contributed by atoms with E-state index in [2.05, 4.69) is 5.32 Å². The van der Waals surface area contributed by atoms with Crippen molar-refractivity contribution in [3.63, 3.8) is 0 Å². The zero-order valence-corrected chi connectivity index (χ0v) is 11.1. The van der Waals surface area contributed by atoms with E-state index in [1.807, 2.05) is 0 Å². The molecule has 0 spiro atoms. The molecule has 1 aromatic carbocycles. The van der Waals surface area contributed by atoms with Gasteiger partial charge in [-0.25, -0.2) is 4.79 Å². The molecule has 0 aliphatic heterocycles. The molecule has 1 atom stereocenters. The predicted octanol–water partition coefficient (Wildman–Crippen LogP) is 1.70. The van der Waals surface area contributed by atoms with Gasteiger partial charge < -0.3 is 20.1 Å². The Morgan fingerprint density at radius 1 is 1.50 bits per heavy atom. The molecule has 1 unspecified atom stereocenters. The fourth-order valence-electron chi connectivity index (χ4n) is 1.28. The molecule has 1 aromatic rings. The highest BCUT2D eigenvalue weighted by atomic mass is 35.5. The highest BCUT2D eigenvalue weighted by Crippen LogP contribution is 2.16. The number of halogens is 1. The number of aliphatic hydroxyl groups is 1. The number of urea groups is 1. The van der Waals surface area contributed by atoms with E-state index in [1.165, 1.54) is 4.90 Å². The van der Waals surface area contributed by atoms with Gasteiger partial charge in [0.15, 0.2) is 6.23 Å². The van der Waals surface area contributed by atoms with Gasteiger partial charge in [-0.3, -0.25) is 0 Å². The van der Waals surface area contributed by atoms with Gasteiger partial charge in [-0.2, -0.15) is 0 Å². The third kappa shape index (κ3) is 4.81. The van der Waals surface area contributed by atoms with Gasteiger partial charge in [-0.05, 0) is 31.2 Å². The van der Waals surface area contributed by atoms with Gasteiger partial charge in [-0.15, -0.1) is 0 Å². The summed E-state index contributed by atoms with van der Waals surface area (Å²) in [6.07, 6.45) is -0.472. The molecular formula is C12H17ClN2O3. The molecule has 100 valence electrons. The Labute approximate surface area is 111 Å². The van der Waals surface area contributed by atoms with Crippen molar-refractivity contribution in [2.45, 2.75) is 13.2 Å². The molecule has 0 heterocycles. The van der Waals surface area contributed by atoms with Crippen LogP contribution in [0.1, 0.15) is 6.92 Å². The SMILES string of the molecule is CC(NC(=O)N(C)CCO)Oc1ccc(Cl)cc1. The van der Waals surface area contributed by atoms with Gasteiger partial charge >= 0.3 is 6.03 Å².